The summed E-state index contributed by atoms with van der Waals surface area (Å²) in [6.07, 6.45) is 0. The lowest BCUT2D eigenvalue weighted by Gasteiger charge is -1.59. The highest BCUT2D eigenvalue weighted by Crippen LogP contribution is 0.984. The number of hydrogen-bond acceptors (Lipinski definition) is 2. The standard InChI is InChI=1S/2C2H7N.CH6Si/c2*1-3-2;1-2/h2*3H,1-2H3;1-2H3. The van der Waals surface area contributed by atoms with Gasteiger partial charge in [-0.2, -0.15) is 0 Å². The molecule has 0 aromatic heterocycles. The molecule has 0 spiro atoms. The highest BCUT2D eigenvalue weighted by molar-refractivity contribution is 6.05. The molecular formula is C5H20N2Si. The number of hydrogen-bond donors (Lipinski definition) is 2. The van der Waals surface area contributed by atoms with Crippen LogP contribution in [0.2, 0.25) is 6.55 Å². The van der Waals surface area contributed by atoms with Crippen LogP contribution < -0.4 is 10.6 Å². The van der Waals surface area contributed by atoms with Crippen molar-refractivity contribution < 1.29 is 0 Å². The normalized spacial score (nSPS) is 5.62. The van der Waals surface area contributed by atoms with Crippen LogP contribution in [-0.4, -0.2) is 38.4 Å². The average Bonchev–Trinajstić information content (AvgIpc) is 1.75. The van der Waals surface area contributed by atoms with Gasteiger partial charge < -0.3 is 10.6 Å². The van der Waals surface area contributed by atoms with E-state index in [1.54, 1.807) is 0 Å². The van der Waals surface area contributed by atoms with Gasteiger partial charge in [-0.25, -0.2) is 0 Å². The molecule has 0 unspecified atom stereocenters. The van der Waals surface area contributed by atoms with Gasteiger partial charge in [-0.15, -0.1) is 0 Å². The molecule has 54 valence electrons. The van der Waals surface area contributed by atoms with E-state index in [4.69, 9.17) is 0 Å². The molecule has 0 saturated heterocycles. The summed E-state index contributed by atoms with van der Waals surface area (Å²) in [6.45, 7) is 2.14. The highest BCUT2D eigenvalue weighted by Gasteiger charge is 1.26. The van der Waals surface area contributed by atoms with Crippen molar-refractivity contribution in [3.8, 4) is 0 Å². The maximum atomic E-state index is 2.75. The number of rotatable bonds is 0. The summed E-state index contributed by atoms with van der Waals surface area (Å²) in [7, 11) is 8.81. The van der Waals surface area contributed by atoms with Gasteiger partial charge in [0.15, 0.2) is 0 Å². The van der Waals surface area contributed by atoms with Crippen molar-refractivity contribution in [1.29, 1.82) is 0 Å². The van der Waals surface area contributed by atoms with E-state index in [2.05, 4.69) is 17.2 Å². The molecule has 0 heterocycles. The van der Waals surface area contributed by atoms with E-state index in [9.17, 15) is 0 Å². The molecule has 8 heavy (non-hydrogen) atoms. The third-order valence-corrected chi connectivity index (χ3v) is 0. The summed E-state index contributed by atoms with van der Waals surface area (Å²) in [5.41, 5.74) is 0. The lowest BCUT2D eigenvalue weighted by atomic mass is 11.3. The fraction of sp³-hybridized carbons (Fsp3) is 1.00. The Kier molecular flexibility index (Phi) is 116. The molecule has 0 radical (unpaired) electrons. The summed E-state index contributed by atoms with van der Waals surface area (Å²) in [6, 6.07) is 0. The lowest BCUT2D eigenvalue weighted by molar-refractivity contribution is 1.02. The Hall–Kier alpha value is 0.137. The largest absolute Gasteiger partial charge is 0.323 e. The second-order valence-electron chi connectivity index (χ2n) is 1.00. The Labute approximate surface area is 56.5 Å². The Balaban J connectivity index is -0.0000000483. The average molecular weight is 136 g/mol. The summed E-state index contributed by atoms with van der Waals surface area (Å²) >= 11 is 0. The summed E-state index contributed by atoms with van der Waals surface area (Å²) in [5.74, 6) is 0. The van der Waals surface area contributed by atoms with Crippen molar-refractivity contribution in [3.63, 3.8) is 0 Å². The van der Waals surface area contributed by atoms with Crippen LogP contribution in [0.1, 0.15) is 0 Å². The van der Waals surface area contributed by atoms with E-state index >= 15 is 0 Å². The molecular weight excluding hydrogens is 116 g/mol. The third-order valence-electron chi connectivity index (χ3n) is 0. The number of nitrogens with one attached hydrogen (secondary N) is 2. The van der Waals surface area contributed by atoms with Gasteiger partial charge in [0.2, 0.25) is 0 Å². The second kappa shape index (κ2) is 58.9. The van der Waals surface area contributed by atoms with Crippen molar-refractivity contribution in [2.45, 2.75) is 6.55 Å². The van der Waals surface area contributed by atoms with Gasteiger partial charge >= 0.3 is 0 Å². The van der Waals surface area contributed by atoms with Crippen molar-refractivity contribution in [3.05, 3.63) is 0 Å². The molecule has 0 aromatic rings. The predicted molar refractivity (Wildman–Crippen MR) is 45.8 cm³/mol. The first-order valence-electron chi connectivity index (χ1n) is 3.00. The van der Waals surface area contributed by atoms with Gasteiger partial charge in [0, 0.05) is 0 Å². The molecule has 0 aliphatic carbocycles. The minimum Gasteiger partial charge on any atom is -0.323 e. The summed E-state index contributed by atoms with van der Waals surface area (Å²) in [5, 5.41) is 5.50. The second-order valence-corrected chi connectivity index (χ2v) is 1.00. The van der Waals surface area contributed by atoms with Crippen LogP contribution in [0.15, 0.2) is 0 Å². The molecule has 3 heteroatoms. The first-order valence-corrected chi connectivity index (χ1v) is 5.00. The fourth-order valence-corrected chi connectivity index (χ4v) is 0. The first-order chi connectivity index (χ1) is 3.83. The molecule has 2 N–H and O–H groups in total. The van der Waals surface area contributed by atoms with E-state index in [0.717, 1.165) is 0 Å². The third kappa shape index (κ3) is 8640. The molecule has 0 aromatic carbocycles. The van der Waals surface area contributed by atoms with Crippen molar-refractivity contribution in [2.75, 3.05) is 28.2 Å². The van der Waals surface area contributed by atoms with E-state index in [-0.39, 0.29) is 0 Å². The molecule has 0 fully saturated rings. The molecule has 0 bridgehead atoms. The Morgan fingerprint density at radius 2 is 0.750 bits per heavy atom. The van der Waals surface area contributed by atoms with Crippen LogP contribution in [0.25, 0.3) is 0 Å². The van der Waals surface area contributed by atoms with Gasteiger partial charge in [-0.3, -0.25) is 0 Å². The topological polar surface area (TPSA) is 24.1 Å². The SMILES string of the molecule is CNC.CNC.C[SiH3]. The molecule has 0 rings (SSSR count). The molecule has 2 nitrogen and oxygen atoms in total. The van der Waals surface area contributed by atoms with E-state index in [1.165, 1.54) is 10.2 Å². The molecule has 0 aliphatic rings. The minimum absolute atomic E-state index is 1.31. The van der Waals surface area contributed by atoms with Gasteiger partial charge in [-0.1, -0.05) is 6.55 Å². The Morgan fingerprint density at radius 1 is 0.750 bits per heavy atom. The quantitative estimate of drug-likeness (QED) is 0.421. The highest BCUT2D eigenvalue weighted by atomic mass is 28.1. The summed E-state index contributed by atoms with van der Waals surface area (Å²) in [4.78, 5) is 0. The zero-order valence-corrected chi connectivity index (χ0v) is 9.00. The van der Waals surface area contributed by atoms with Crippen molar-refractivity contribution in [1.82, 2.24) is 10.6 Å². The van der Waals surface area contributed by atoms with E-state index in [0.29, 0.717) is 0 Å². The molecule has 0 atom stereocenters. The van der Waals surface area contributed by atoms with Gasteiger partial charge in [0.1, 0.15) is 0 Å². The molecule has 0 amide bonds. The fourth-order valence-electron chi connectivity index (χ4n) is 0. The van der Waals surface area contributed by atoms with Crippen molar-refractivity contribution >= 4 is 10.2 Å². The monoisotopic (exact) mass is 136 g/mol. The van der Waals surface area contributed by atoms with Gasteiger partial charge in [0.25, 0.3) is 0 Å². The lowest BCUT2D eigenvalue weighted by Crippen LogP contribution is -1.89. The first kappa shape index (κ1) is 15.7. The van der Waals surface area contributed by atoms with Crippen LogP contribution in [0.5, 0.6) is 0 Å². The minimum atomic E-state index is 1.31. The Bertz CT molecular complexity index is 12.4. The van der Waals surface area contributed by atoms with Crippen molar-refractivity contribution in [2.24, 2.45) is 0 Å². The smallest absolute Gasteiger partial charge is 0.000585 e. The van der Waals surface area contributed by atoms with E-state index in [1.807, 2.05) is 28.2 Å². The predicted octanol–water partition coefficient (Wildman–Crippen LogP) is -0.929. The van der Waals surface area contributed by atoms with Gasteiger partial charge in [-0.05, 0) is 38.4 Å². The van der Waals surface area contributed by atoms with Crippen LogP contribution in [0, 0.1) is 0 Å². The van der Waals surface area contributed by atoms with Gasteiger partial charge in [0.05, 0.1) is 0 Å². The Morgan fingerprint density at radius 3 is 0.750 bits per heavy atom. The zero-order valence-electron chi connectivity index (χ0n) is 7.00. The van der Waals surface area contributed by atoms with E-state index < -0.39 is 0 Å². The summed E-state index contributed by atoms with van der Waals surface area (Å²) < 4.78 is 0. The van der Waals surface area contributed by atoms with Crippen LogP contribution in [-0.2, 0) is 0 Å². The van der Waals surface area contributed by atoms with Crippen LogP contribution in [0.4, 0.5) is 0 Å². The van der Waals surface area contributed by atoms with Crippen LogP contribution in [0.3, 0.4) is 0 Å². The zero-order chi connectivity index (χ0) is 7.41. The maximum Gasteiger partial charge on any atom is -0.000585 e. The van der Waals surface area contributed by atoms with Crippen LogP contribution >= 0.6 is 0 Å². The molecule has 0 aliphatic heterocycles. The molecule has 0 saturated carbocycles. The maximum absolute atomic E-state index is 2.75.